The molecule has 0 radical (unpaired) electrons. The topological polar surface area (TPSA) is 96.0 Å². The van der Waals surface area contributed by atoms with Gasteiger partial charge < -0.3 is 15.0 Å². The fourth-order valence-corrected chi connectivity index (χ4v) is 5.90. The number of hydrogen-bond acceptors (Lipinski definition) is 5. The maximum Gasteiger partial charge on any atom is 0.264 e. The van der Waals surface area contributed by atoms with Crippen molar-refractivity contribution in [3.05, 3.63) is 88.9 Å². The number of nitrogens with one attached hydrogen (secondary N) is 1. The molecule has 3 aromatic carbocycles. The molecule has 0 saturated heterocycles. The number of aryl methyl sites for hydroxylation is 1. The van der Waals surface area contributed by atoms with Crippen molar-refractivity contribution in [1.29, 1.82) is 0 Å². The van der Waals surface area contributed by atoms with E-state index in [0.717, 1.165) is 15.4 Å². The van der Waals surface area contributed by atoms with Gasteiger partial charge in [-0.15, -0.1) is 0 Å². The Hall–Kier alpha value is -3.56. The molecule has 0 heterocycles. The SMILES string of the molecule is CC[C@H](C(=O)NCC(C)C)N(Cc1cccc(OC)c1)C(=O)CN(c1cccc(Cl)c1)S(=O)(=O)c1ccc(C)cc1. The van der Waals surface area contributed by atoms with Crippen molar-refractivity contribution in [2.24, 2.45) is 5.92 Å². The summed E-state index contributed by atoms with van der Waals surface area (Å²) in [4.78, 5) is 28.9. The molecule has 8 nitrogen and oxygen atoms in total. The number of halogens is 1. The molecule has 41 heavy (non-hydrogen) atoms. The second-order valence-corrected chi connectivity index (χ2v) is 12.5. The summed E-state index contributed by atoms with van der Waals surface area (Å²) in [5.74, 6) is -0.00477. The molecule has 0 aliphatic rings. The van der Waals surface area contributed by atoms with E-state index in [1.807, 2.05) is 33.8 Å². The van der Waals surface area contributed by atoms with Crippen molar-refractivity contribution >= 4 is 39.1 Å². The summed E-state index contributed by atoms with van der Waals surface area (Å²) < 4.78 is 34.2. The lowest BCUT2D eigenvalue weighted by molar-refractivity contribution is -0.140. The minimum absolute atomic E-state index is 0.0388. The maximum atomic E-state index is 14.1. The number of ether oxygens (including phenoxy) is 1. The van der Waals surface area contributed by atoms with Gasteiger partial charge in [0.1, 0.15) is 18.3 Å². The zero-order valence-electron chi connectivity index (χ0n) is 24.1. The van der Waals surface area contributed by atoms with Gasteiger partial charge in [-0.2, -0.15) is 0 Å². The molecule has 3 aromatic rings. The summed E-state index contributed by atoms with van der Waals surface area (Å²) in [7, 11) is -2.62. The van der Waals surface area contributed by atoms with Crippen LogP contribution in [0.2, 0.25) is 5.02 Å². The Morgan fingerprint density at radius 1 is 1.00 bits per heavy atom. The second kappa shape index (κ2) is 14.4. The van der Waals surface area contributed by atoms with Crippen LogP contribution >= 0.6 is 11.6 Å². The van der Waals surface area contributed by atoms with E-state index in [2.05, 4.69) is 5.32 Å². The van der Waals surface area contributed by atoms with Gasteiger partial charge in [0, 0.05) is 18.1 Å². The van der Waals surface area contributed by atoms with Crippen LogP contribution in [0.15, 0.2) is 77.7 Å². The molecule has 0 aliphatic carbocycles. The van der Waals surface area contributed by atoms with Crippen LogP contribution in [0.5, 0.6) is 5.75 Å². The van der Waals surface area contributed by atoms with E-state index >= 15 is 0 Å². The lowest BCUT2D eigenvalue weighted by Crippen LogP contribution is -2.52. The summed E-state index contributed by atoms with van der Waals surface area (Å²) >= 11 is 6.23. The molecule has 0 unspecified atom stereocenters. The molecule has 1 atom stereocenters. The van der Waals surface area contributed by atoms with E-state index in [-0.39, 0.29) is 29.0 Å². The van der Waals surface area contributed by atoms with Crippen LogP contribution in [-0.4, -0.2) is 51.4 Å². The molecule has 3 rings (SSSR count). The smallest absolute Gasteiger partial charge is 0.264 e. The molecular weight excluding hydrogens is 562 g/mol. The van der Waals surface area contributed by atoms with Crippen molar-refractivity contribution < 1.29 is 22.7 Å². The van der Waals surface area contributed by atoms with Gasteiger partial charge in [-0.3, -0.25) is 13.9 Å². The zero-order chi connectivity index (χ0) is 30.2. The third kappa shape index (κ3) is 8.47. The first kappa shape index (κ1) is 32.0. The molecule has 0 fully saturated rings. The minimum Gasteiger partial charge on any atom is -0.497 e. The first-order valence-electron chi connectivity index (χ1n) is 13.5. The Bertz CT molecular complexity index is 1440. The quantitative estimate of drug-likeness (QED) is 0.283. The number of benzene rings is 3. The van der Waals surface area contributed by atoms with Crippen molar-refractivity contribution in [3.63, 3.8) is 0 Å². The highest BCUT2D eigenvalue weighted by Crippen LogP contribution is 2.27. The van der Waals surface area contributed by atoms with E-state index < -0.39 is 28.5 Å². The summed E-state index contributed by atoms with van der Waals surface area (Å²) in [6, 6.07) is 19.2. The largest absolute Gasteiger partial charge is 0.497 e. The van der Waals surface area contributed by atoms with Gasteiger partial charge in [-0.25, -0.2) is 8.42 Å². The summed E-state index contributed by atoms with van der Waals surface area (Å²) in [6.07, 6.45) is 0.335. The van der Waals surface area contributed by atoms with Gasteiger partial charge in [0.15, 0.2) is 0 Å². The molecular formula is C31H38ClN3O5S. The number of sulfonamides is 1. The number of carbonyl (C=O) groups is 2. The molecule has 0 saturated carbocycles. The fourth-order valence-electron chi connectivity index (χ4n) is 4.31. The first-order chi connectivity index (χ1) is 19.5. The number of nitrogens with zero attached hydrogens (tertiary/aromatic N) is 2. The van der Waals surface area contributed by atoms with Gasteiger partial charge in [-0.05, 0) is 67.3 Å². The van der Waals surface area contributed by atoms with Gasteiger partial charge in [0.25, 0.3) is 10.0 Å². The monoisotopic (exact) mass is 599 g/mol. The second-order valence-electron chi connectivity index (χ2n) is 10.2. The molecule has 0 aromatic heterocycles. The van der Waals surface area contributed by atoms with Crippen molar-refractivity contribution in [2.45, 2.75) is 51.6 Å². The predicted molar refractivity (Wildman–Crippen MR) is 163 cm³/mol. The van der Waals surface area contributed by atoms with Gasteiger partial charge in [0.2, 0.25) is 11.8 Å². The number of amides is 2. The zero-order valence-corrected chi connectivity index (χ0v) is 25.7. The van der Waals surface area contributed by atoms with Gasteiger partial charge in [0.05, 0.1) is 17.7 Å². The minimum atomic E-state index is -4.17. The number of carbonyl (C=O) groups excluding carboxylic acids is 2. The average Bonchev–Trinajstić information content (AvgIpc) is 2.94. The normalized spacial score (nSPS) is 12.1. The van der Waals surface area contributed by atoms with Gasteiger partial charge in [-0.1, -0.05) is 68.3 Å². The Labute approximate surface area is 248 Å². The lowest BCUT2D eigenvalue weighted by Gasteiger charge is -2.33. The third-order valence-electron chi connectivity index (χ3n) is 6.54. The van der Waals surface area contributed by atoms with E-state index in [1.165, 1.54) is 23.1 Å². The number of hydrogen-bond donors (Lipinski definition) is 1. The van der Waals surface area contributed by atoms with Crippen LogP contribution in [0, 0.1) is 12.8 Å². The predicted octanol–water partition coefficient (Wildman–Crippen LogP) is 5.43. The number of anilines is 1. The molecule has 220 valence electrons. The summed E-state index contributed by atoms with van der Waals surface area (Å²) in [5.41, 5.74) is 1.88. The van der Waals surface area contributed by atoms with Crippen LogP contribution in [0.25, 0.3) is 0 Å². The Balaban J connectivity index is 2.06. The van der Waals surface area contributed by atoms with E-state index in [0.29, 0.717) is 23.7 Å². The Morgan fingerprint density at radius 2 is 1.68 bits per heavy atom. The Kier molecular flexibility index (Phi) is 11.2. The maximum absolute atomic E-state index is 14.1. The van der Waals surface area contributed by atoms with Gasteiger partial charge >= 0.3 is 0 Å². The summed E-state index contributed by atoms with van der Waals surface area (Å²) in [6.45, 7) is 7.65. The van der Waals surface area contributed by atoms with Crippen LogP contribution in [0.1, 0.15) is 38.3 Å². The van der Waals surface area contributed by atoms with Crippen molar-refractivity contribution in [3.8, 4) is 5.75 Å². The highest BCUT2D eigenvalue weighted by molar-refractivity contribution is 7.92. The fraction of sp³-hybridized carbons (Fsp3) is 0.355. The van der Waals surface area contributed by atoms with Crippen LogP contribution < -0.4 is 14.4 Å². The highest BCUT2D eigenvalue weighted by atomic mass is 35.5. The Morgan fingerprint density at radius 3 is 2.29 bits per heavy atom. The molecule has 0 bridgehead atoms. The van der Waals surface area contributed by atoms with Crippen molar-refractivity contribution in [1.82, 2.24) is 10.2 Å². The van der Waals surface area contributed by atoms with Crippen molar-refractivity contribution in [2.75, 3.05) is 24.5 Å². The van der Waals surface area contributed by atoms with Crippen LogP contribution in [0.4, 0.5) is 5.69 Å². The van der Waals surface area contributed by atoms with Crippen LogP contribution in [0.3, 0.4) is 0 Å². The van der Waals surface area contributed by atoms with Crippen LogP contribution in [-0.2, 0) is 26.2 Å². The van der Waals surface area contributed by atoms with E-state index in [9.17, 15) is 18.0 Å². The highest BCUT2D eigenvalue weighted by Gasteiger charge is 2.33. The lowest BCUT2D eigenvalue weighted by atomic mass is 10.1. The number of methoxy groups -OCH3 is 1. The summed E-state index contributed by atoms with van der Waals surface area (Å²) in [5, 5.41) is 3.25. The first-order valence-corrected chi connectivity index (χ1v) is 15.3. The van der Waals surface area contributed by atoms with E-state index in [1.54, 1.807) is 55.6 Å². The third-order valence-corrected chi connectivity index (χ3v) is 8.56. The molecule has 0 aliphatic heterocycles. The molecule has 2 amide bonds. The molecule has 10 heteroatoms. The molecule has 0 spiro atoms. The standard InChI is InChI=1S/C31H38ClN3O5S/c1-6-29(31(37)33-19-22(2)3)34(20-24-9-7-12-27(17-24)40-5)30(36)21-35(26-11-8-10-25(32)18-26)41(38,39)28-15-13-23(4)14-16-28/h7-18,22,29H,6,19-21H2,1-5H3,(H,33,37)/t29-/m1/s1. The number of rotatable bonds is 13. The van der Waals surface area contributed by atoms with E-state index in [4.69, 9.17) is 16.3 Å². The average molecular weight is 600 g/mol. The molecule has 1 N–H and O–H groups in total.